The molecule has 0 fully saturated rings. The minimum Gasteiger partial charge on any atom is -0.462 e. The fourth-order valence-corrected chi connectivity index (χ4v) is 8.58. The Morgan fingerprint density at radius 3 is 0.859 bits per heavy atom. The van der Waals surface area contributed by atoms with E-state index in [0.29, 0.717) is 19.3 Å². The molecule has 0 aromatic carbocycles. The van der Waals surface area contributed by atoms with Gasteiger partial charge >= 0.3 is 17.9 Å². The van der Waals surface area contributed by atoms with Gasteiger partial charge in [-0.3, -0.25) is 14.4 Å². The van der Waals surface area contributed by atoms with Crippen LogP contribution in [0.4, 0.5) is 0 Å². The van der Waals surface area contributed by atoms with E-state index in [1.165, 1.54) is 180 Å². The minimum absolute atomic E-state index is 0.0971. The van der Waals surface area contributed by atoms with Gasteiger partial charge in [0.1, 0.15) is 13.2 Å². The van der Waals surface area contributed by atoms with Crippen molar-refractivity contribution in [2.24, 2.45) is 0 Å². The Balaban J connectivity index is 4.44. The van der Waals surface area contributed by atoms with E-state index in [-0.39, 0.29) is 37.5 Å². The van der Waals surface area contributed by atoms with Crippen LogP contribution in [0, 0.1) is 0 Å². The van der Waals surface area contributed by atoms with Gasteiger partial charge in [-0.25, -0.2) is 0 Å². The van der Waals surface area contributed by atoms with Crippen molar-refractivity contribution in [3.63, 3.8) is 0 Å². The van der Waals surface area contributed by atoms with Gasteiger partial charge in [0.15, 0.2) is 6.10 Å². The Labute approximate surface area is 440 Å². The zero-order chi connectivity index (χ0) is 51.4. The van der Waals surface area contributed by atoms with E-state index in [1.54, 1.807) is 0 Å². The highest BCUT2D eigenvalue weighted by Gasteiger charge is 2.19. The van der Waals surface area contributed by atoms with Gasteiger partial charge in [0, 0.05) is 19.3 Å². The van der Waals surface area contributed by atoms with Gasteiger partial charge in [0.2, 0.25) is 0 Å². The van der Waals surface area contributed by atoms with Gasteiger partial charge in [0.05, 0.1) is 0 Å². The maximum atomic E-state index is 12.9. The predicted molar refractivity (Wildman–Crippen MR) is 307 cm³/mol. The van der Waals surface area contributed by atoms with Gasteiger partial charge in [-0.1, -0.05) is 267 Å². The molecule has 0 N–H and O–H groups in total. The molecule has 0 aliphatic carbocycles. The number of carbonyl (C=O) groups excluding carboxylic acids is 3. The molecule has 0 heterocycles. The molecule has 0 radical (unpaired) electrons. The Kier molecular flexibility index (Phi) is 56.8. The summed E-state index contributed by atoms with van der Waals surface area (Å²) in [7, 11) is 0. The van der Waals surface area contributed by atoms with Gasteiger partial charge in [-0.05, 0) is 89.9 Å². The summed E-state index contributed by atoms with van der Waals surface area (Å²) in [6, 6.07) is 0. The standard InChI is InChI=1S/C65H114O6/c1-4-7-10-13-16-19-22-25-28-31-32-35-37-40-43-46-49-52-55-58-64(67)70-61-62(71-65(68)59-56-53-50-47-44-41-38-34-30-27-24-21-18-15-12-9-6-3)60-69-63(66)57-54-51-48-45-42-39-36-33-29-26-23-20-17-14-11-8-5-2/h17-18,20-21,26-27,29-30,38,41,47,50,62H,4-16,19,22-25,28,31-37,39-40,42-46,48-49,51-61H2,1-3H3/b20-17+,21-18+,29-26+,30-27+,41-38+,50-47+/t62-/m1/s1. The first kappa shape index (κ1) is 67.8. The van der Waals surface area contributed by atoms with Crippen LogP contribution in [0.15, 0.2) is 72.9 Å². The SMILES string of the molecule is CCCCC/C=C/C/C=C/C/C=C/C/C=C/CCCC(=O)O[C@H](COC(=O)CCCCCCCCC/C=C/C/C=C/CCCCC)COC(=O)CCCCCCCCCCCCCCCCCCCCC. The van der Waals surface area contributed by atoms with Crippen LogP contribution in [0.1, 0.15) is 303 Å². The molecular weight excluding hydrogens is 877 g/mol. The van der Waals surface area contributed by atoms with Crippen LogP contribution in [0.5, 0.6) is 0 Å². The Bertz CT molecular complexity index is 1320. The summed E-state index contributed by atoms with van der Waals surface area (Å²) in [5, 5.41) is 0. The number of rotatable bonds is 55. The third kappa shape index (κ3) is 57.6. The van der Waals surface area contributed by atoms with Crippen molar-refractivity contribution in [3.8, 4) is 0 Å². The van der Waals surface area contributed by atoms with Crippen molar-refractivity contribution in [1.82, 2.24) is 0 Å². The molecule has 0 aliphatic rings. The summed E-state index contributed by atoms with van der Waals surface area (Å²) in [5.74, 6) is -0.949. The van der Waals surface area contributed by atoms with Gasteiger partial charge in [0.25, 0.3) is 0 Å². The van der Waals surface area contributed by atoms with Crippen molar-refractivity contribution >= 4 is 17.9 Å². The average molecular weight is 992 g/mol. The topological polar surface area (TPSA) is 78.9 Å². The second kappa shape index (κ2) is 59.4. The molecule has 71 heavy (non-hydrogen) atoms. The van der Waals surface area contributed by atoms with Crippen LogP contribution in [0.2, 0.25) is 0 Å². The molecule has 0 spiro atoms. The summed E-state index contributed by atoms with van der Waals surface area (Å²) in [6.07, 6.45) is 76.1. The van der Waals surface area contributed by atoms with Crippen LogP contribution in [0.3, 0.4) is 0 Å². The van der Waals surface area contributed by atoms with Crippen LogP contribution < -0.4 is 0 Å². The van der Waals surface area contributed by atoms with E-state index in [2.05, 4.69) is 93.7 Å². The van der Waals surface area contributed by atoms with E-state index in [9.17, 15) is 14.4 Å². The van der Waals surface area contributed by atoms with E-state index in [1.807, 2.05) is 0 Å². The molecule has 0 unspecified atom stereocenters. The molecular formula is C65H114O6. The Morgan fingerprint density at radius 1 is 0.282 bits per heavy atom. The number of unbranched alkanes of at least 4 members (excludes halogenated alkanes) is 32. The highest BCUT2D eigenvalue weighted by atomic mass is 16.6. The quantitative estimate of drug-likeness (QED) is 0.0261. The van der Waals surface area contributed by atoms with Crippen LogP contribution in [-0.2, 0) is 28.6 Å². The molecule has 0 rings (SSSR count). The largest absolute Gasteiger partial charge is 0.462 e. The fourth-order valence-electron chi connectivity index (χ4n) is 8.58. The van der Waals surface area contributed by atoms with Crippen molar-refractivity contribution in [2.75, 3.05) is 13.2 Å². The number of ether oxygens (including phenoxy) is 3. The number of hydrogen-bond donors (Lipinski definition) is 0. The van der Waals surface area contributed by atoms with E-state index >= 15 is 0 Å². The summed E-state index contributed by atoms with van der Waals surface area (Å²) in [6.45, 7) is 6.57. The molecule has 1 atom stereocenters. The smallest absolute Gasteiger partial charge is 0.306 e. The third-order valence-corrected chi connectivity index (χ3v) is 13.2. The van der Waals surface area contributed by atoms with Crippen LogP contribution in [0.25, 0.3) is 0 Å². The first-order chi connectivity index (χ1) is 35.0. The zero-order valence-corrected chi connectivity index (χ0v) is 47.0. The number of allylic oxidation sites excluding steroid dienone is 12. The minimum atomic E-state index is -0.807. The second-order valence-corrected chi connectivity index (χ2v) is 20.3. The molecule has 410 valence electrons. The fraction of sp³-hybridized carbons (Fsp3) is 0.769. The zero-order valence-electron chi connectivity index (χ0n) is 47.0. The summed E-state index contributed by atoms with van der Waals surface area (Å²) < 4.78 is 16.9. The lowest BCUT2D eigenvalue weighted by molar-refractivity contribution is -0.167. The second-order valence-electron chi connectivity index (χ2n) is 20.3. The average Bonchev–Trinajstić information content (AvgIpc) is 3.37. The van der Waals surface area contributed by atoms with Gasteiger partial charge in [-0.15, -0.1) is 0 Å². The third-order valence-electron chi connectivity index (χ3n) is 13.2. The molecule has 0 saturated carbocycles. The highest BCUT2D eigenvalue weighted by Crippen LogP contribution is 2.16. The molecule has 0 amide bonds. The lowest BCUT2D eigenvalue weighted by Crippen LogP contribution is -2.30. The number of hydrogen-bond acceptors (Lipinski definition) is 6. The van der Waals surface area contributed by atoms with E-state index < -0.39 is 6.10 Å². The number of carbonyl (C=O) groups is 3. The van der Waals surface area contributed by atoms with Crippen molar-refractivity contribution in [2.45, 2.75) is 309 Å². The maximum absolute atomic E-state index is 12.9. The van der Waals surface area contributed by atoms with Gasteiger partial charge in [-0.2, -0.15) is 0 Å². The van der Waals surface area contributed by atoms with E-state index in [4.69, 9.17) is 14.2 Å². The Morgan fingerprint density at radius 2 is 0.521 bits per heavy atom. The summed E-state index contributed by atoms with van der Waals surface area (Å²) in [4.78, 5) is 38.2. The predicted octanol–water partition coefficient (Wildman–Crippen LogP) is 20.5. The molecule has 6 heteroatoms. The first-order valence-corrected chi connectivity index (χ1v) is 30.4. The van der Waals surface area contributed by atoms with Crippen molar-refractivity contribution in [1.29, 1.82) is 0 Å². The van der Waals surface area contributed by atoms with Crippen LogP contribution >= 0.6 is 0 Å². The molecule has 0 saturated heterocycles. The molecule has 0 aliphatic heterocycles. The Hall–Kier alpha value is -3.15. The summed E-state index contributed by atoms with van der Waals surface area (Å²) in [5.41, 5.74) is 0. The van der Waals surface area contributed by atoms with Gasteiger partial charge < -0.3 is 14.2 Å². The first-order valence-electron chi connectivity index (χ1n) is 30.4. The van der Waals surface area contributed by atoms with Crippen molar-refractivity contribution in [3.05, 3.63) is 72.9 Å². The van der Waals surface area contributed by atoms with E-state index in [0.717, 1.165) is 77.0 Å². The highest BCUT2D eigenvalue weighted by molar-refractivity contribution is 5.71. The monoisotopic (exact) mass is 991 g/mol. The number of esters is 3. The van der Waals surface area contributed by atoms with Crippen LogP contribution in [-0.4, -0.2) is 37.2 Å². The lowest BCUT2D eigenvalue weighted by atomic mass is 10.0. The lowest BCUT2D eigenvalue weighted by Gasteiger charge is -2.18. The molecule has 0 aromatic rings. The van der Waals surface area contributed by atoms with Crippen molar-refractivity contribution < 1.29 is 28.6 Å². The normalized spacial score (nSPS) is 12.5. The molecule has 6 nitrogen and oxygen atoms in total. The maximum Gasteiger partial charge on any atom is 0.306 e. The molecule has 0 aromatic heterocycles. The summed E-state index contributed by atoms with van der Waals surface area (Å²) >= 11 is 0. The molecule has 0 bridgehead atoms.